The number of aryl methyl sites for hydroxylation is 1. The molecule has 25 heavy (non-hydrogen) atoms. The van der Waals surface area contributed by atoms with Gasteiger partial charge in [-0.15, -0.1) is 11.8 Å². The first-order valence-corrected chi connectivity index (χ1v) is 9.82. The minimum Gasteiger partial charge on any atom is -0.348 e. The van der Waals surface area contributed by atoms with E-state index >= 15 is 0 Å². The highest BCUT2D eigenvalue weighted by atomic mass is 32.2. The van der Waals surface area contributed by atoms with E-state index in [1.807, 2.05) is 30.3 Å². The van der Waals surface area contributed by atoms with E-state index in [-0.39, 0.29) is 11.7 Å². The smallest absolute Gasteiger partial charge is 0.252 e. The van der Waals surface area contributed by atoms with Crippen LogP contribution in [-0.4, -0.2) is 5.91 Å². The van der Waals surface area contributed by atoms with Crippen molar-refractivity contribution >= 4 is 29.0 Å². The zero-order chi connectivity index (χ0) is 17.6. The molecule has 5 heteroatoms. The molecule has 2 nitrogen and oxygen atoms in total. The molecule has 2 aromatic carbocycles. The minimum atomic E-state index is -0.251. The van der Waals surface area contributed by atoms with E-state index in [1.165, 1.54) is 11.6 Å². The lowest BCUT2D eigenvalue weighted by Gasteiger charge is -2.10. The summed E-state index contributed by atoms with van der Waals surface area (Å²) in [5.41, 5.74) is 3.25. The Balaban J connectivity index is 1.66. The zero-order valence-electron chi connectivity index (χ0n) is 13.8. The third kappa shape index (κ3) is 4.71. The molecule has 0 radical (unpaired) electrons. The topological polar surface area (TPSA) is 29.1 Å². The van der Waals surface area contributed by atoms with E-state index in [9.17, 15) is 9.18 Å². The molecule has 0 spiro atoms. The Bertz CT molecular complexity index is 862. The Morgan fingerprint density at radius 2 is 2.00 bits per heavy atom. The number of halogens is 1. The van der Waals surface area contributed by atoms with Crippen LogP contribution in [0.1, 0.15) is 27.0 Å². The van der Waals surface area contributed by atoms with Crippen molar-refractivity contribution in [3.05, 3.63) is 87.4 Å². The van der Waals surface area contributed by atoms with E-state index in [2.05, 4.69) is 22.1 Å². The van der Waals surface area contributed by atoms with Crippen LogP contribution in [0.4, 0.5) is 4.39 Å². The second-order valence-corrected chi connectivity index (χ2v) is 7.48. The molecule has 1 aromatic heterocycles. The van der Waals surface area contributed by atoms with Crippen LogP contribution in [-0.2, 0) is 12.3 Å². The van der Waals surface area contributed by atoms with Gasteiger partial charge in [-0.25, -0.2) is 4.39 Å². The Morgan fingerprint density at radius 1 is 1.16 bits per heavy atom. The summed E-state index contributed by atoms with van der Waals surface area (Å²) in [6.45, 7) is 2.03. The Labute approximate surface area is 155 Å². The molecule has 3 aromatic rings. The van der Waals surface area contributed by atoms with Crippen molar-refractivity contribution in [2.75, 3.05) is 0 Å². The first kappa shape index (κ1) is 17.7. The fraction of sp³-hybridized carbons (Fsp3) is 0.150. The number of thiophene rings is 1. The molecule has 0 aliphatic rings. The number of amides is 1. The largest absolute Gasteiger partial charge is 0.348 e. The van der Waals surface area contributed by atoms with E-state index in [1.54, 1.807) is 36.1 Å². The molecular formula is C20H18FNOS2. The van der Waals surface area contributed by atoms with Crippen molar-refractivity contribution in [1.29, 1.82) is 0 Å². The quantitative estimate of drug-likeness (QED) is 0.586. The van der Waals surface area contributed by atoms with Gasteiger partial charge < -0.3 is 5.32 Å². The molecule has 128 valence electrons. The molecule has 1 heterocycles. The van der Waals surface area contributed by atoms with Crippen molar-refractivity contribution in [2.45, 2.75) is 24.1 Å². The number of benzene rings is 2. The molecule has 1 amide bonds. The van der Waals surface area contributed by atoms with Crippen LogP contribution in [0, 0.1) is 12.7 Å². The van der Waals surface area contributed by atoms with Gasteiger partial charge in [-0.2, -0.15) is 11.3 Å². The average Bonchev–Trinajstić information content (AvgIpc) is 3.14. The summed E-state index contributed by atoms with van der Waals surface area (Å²) in [6.07, 6.45) is 0. The van der Waals surface area contributed by atoms with Crippen molar-refractivity contribution < 1.29 is 9.18 Å². The first-order chi connectivity index (χ1) is 12.1. The van der Waals surface area contributed by atoms with Crippen molar-refractivity contribution in [3.8, 4) is 0 Å². The number of thioether (sulfide) groups is 1. The van der Waals surface area contributed by atoms with Crippen LogP contribution >= 0.6 is 23.1 Å². The van der Waals surface area contributed by atoms with Crippen LogP contribution in [0.3, 0.4) is 0 Å². The second-order valence-electron chi connectivity index (χ2n) is 5.68. The van der Waals surface area contributed by atoms with Crippen LogP contribution < -0.4 is 5.32 Å². The van der Waals surface area contributed by atoms with E-state index < -0.39 is 0 Å². The SMILES string of the molecule is Cc1ccc(CNC(=O)c2ccccc2SCc2ccsc2)cc1F. The van der Waals surface area contributed by atoms with Crippen molar-refractivity contribution in [1.82, 2.24) is 5.32 Å². The number of rotatable bonds is 6. The van der Waals surface area contributed by atoms with Gasteiger partial charge in [0.25, 0.3) is 5.91 Å². The zero-order valence-corrected chi connectivity index (χ0v) is 15.4. The lowest BCUT2D eigenvalue weighted by molar-refractivity contribution is 0.0948. The van der Waals surface area contributed by atoms with Gasteiger partial charge in [0.15, 0.2) is 0 Å². The van der Waals surface area contributed by atoms with Gasteiger partial charge in [-0.05, 0) is 58.6 Å². The van der Waals surface area contributed by atoms with Gasteiger partial charge in [0.05, 0.1) is 5.56 Å². The van der Waals surface area contributed by atoms with Gasteiger partial charge >= 0.3 is 0 Å². The fourth-order valence-electron chi connectivity index (χ4n) is 2.34. The maximum Gasteiger partial charge on any atom is 0.252 e. The maximum absolute atomic E-state index is 13.6. The third-order valence-corrected chi connectivity index (χ3v) is 5.67. The van der Waals surface area contributed by atoms with Gasteiger partial charge in [0.1, 0.15) is 5.82 Å². The molecular weight excluding hydrogens is 353 g/mol. The summed E-state index contributed by atoms with van der Waals surface area (Å²) in [7, 11) is 0. The molecule has 0 unspecified atom stereocenters. The standard InChI is InChI=1S/C20H18FNOS2/c1-14-6-7-15(10-18(14)21)11-22-20(23)17-4-2-3-5-19(17)25-13-16-8-9-24-12-16/h2-10,12H,11,13H2,1H3,(H,22,23). The summed E-state index contributed by atoms with van der Waals surface area (Å²) >= 11 is 3.31. The number of hydrogen-bond acceptors (Lipinski definition) is 3. The average molecular weight is 372 g/mol. The minimum absolute atomic E-state index is 0.144. The summed E-state index contributed by atoms with van der Waals surface area (Å²) in [5.74, 6) is 0.435. The van der Waals surface area contributed by atoms with Crippen LogP contribution in [0.25, 0.3) is 0 Å². The van der Waals surface area contributed by atoms with Gasteiger partial charge in [-0.1, -0.05) is 24.3 Å². The lowest BCUT2D eigenvalue weighted by atomic mass is 10.1. The highest BCUT2D eigenvalue weighted by Crippen LogP contribution is 2.27. The molecule has 1 N–H and O–H groups in total. The first-order valence-electron chi connectivity index (χ1n) is 7.89. The summed E-state index contributed by atoms with van der Waals surface area (Å²) < 4.78 is 13.6. The van der Waals surface area contributed by atoms with Crippen molar-refractivity contribution in [2.24, 2.45) is 0 Å². The van der Waals surface area contributed by atoms with E-state index in [4.69, 9.17) is 0 Å². The number of carbonyl (C=O) groups is 1. The predicted octanol–water partition coefficient (Wildman–Crippen LogP) is 5.42. The molecule has 0 aliphatic carbocycles. The molecule has 0 bridgehead atoms. The van der Waals surface area contributed by atoms with Gasteiger partial charge in [-0.3, -0.25) is 4.79 Å². The lowest BCUT2D eigenvalue weighted by Crippen LogP contribution is -2.23. The third-order valence-electron chi connectivity index (χ3n) is 3.80. The molecule has 0 aliphatic heterocycles. The van der Waals surface area contributed by atoms with Gasteiger partial charge in [0.2, 0.25) is 0 Å². The van der Waals surface area contributed by atoms with E-state index in [0.29, 0.717) is 17.7 Å². The molecule has 0 saturated heterocycles. The Morgan fingerprint density at radius 3 is 2.76 bits per heavy atom. The highest BCUT2D eigenvalue weighted by Gasteiger charge is 2.11. The number of nitrogens with one attached hydrogen (secondary N) is 1. The van der Waals surface area contributed by atoms with Crippen LogP contribution in [0.2, 0.25) is 0 Å². The van der Waals surface area contributed by atoms with Gasteiger partial charge in [0, 0.05) is 17.2 Å². The molecule has 0 saturated carbocycles. The number of hydrogen-bond donors (Lipinski definition) is 1. The fourth-order valence-corrected chi connectivity index (χ4v) is 4.11. The summed E-state index contributed by atoms with van der Waals surface area (Å²) in [6, 6.07) is 14.7. The molecule has 0 fully saturated rings. The van der Waals surface area contributed by atoms with Crippen molar-refractivity contribution in [3.63, 3.8) is 0 Å². The number of carbonyl (C=O) groups excluding carboxylic acids is 1. The molecule has 3 rings (SSSR count). The Hall–Kier alpha value is -2.11. The molecule has 0 atom stereocenters. The summed E-state index contributed by atoms with van der Waals surface area (Å²) in [4.78, 5) is 13.5. The van der Waals surface area contributed by atoms with Crippen LogP contribution in [0.15, 0.2) is 64.2 Å². The normalized spacial score (nSPS) is 10.6. The van der Waals surface area contributed by atoms with Crippen LogP contribution in [0.5, 0.6) is 0 Å². The highest BCUT2D eigenvalue weighted by molar-refractivity contribution is 7.98. The predicted molar refractivity (Wildman–Crippen MR) is 103 cm³/mol. The second kappa shape index (κ2) is 8.32. The summed E-state index contributed by atoms with van der Waals surface area (Å²) in [5, 5.41) is 7.04. The Kier molecular flexibility index (Phi) is 5.89. The monoisotopic (exact) mass is 371 g/mol. The van der Waals surface area contributed by atoms with E-state index in [0.717, 1.165) is 16.2 Å². The maximum atomic E-state index is 13.6.